The van der Waals surface area contributed by atoms with Crippen LogP contribution in [-0.2, 0) is 64.0 Å². The number of methoxy groups -OCH3 is 2. The number of hydrogen-bond acceptors (Lipinski definition) is 14. The van der Waals surface area contributed by atoms with E-state index in [1.807, 2.05) is 58.0 Å². The van der Waals surface area contributed by atoms with Gasteiger partial charge >= 0.3 is 12.1 Å². The molecule has 2 saturated heterocycles. The molecule has 2 aromatic rings. The SMILES string of the molecule is CC[C@H](C)[C@@H]([C@@H](CC(=O)N1CCC[C@H]1[C@H](OC)[C@@H](C)C(=O)N[C@H](C)c1ccccc1)OC)N(C)C(=O)[C@@H](NC(=O)[C@H](C(C)C)N(C)C(=O)OCc1ccc(NC(=O)[C@H](CCCNC(N)=O)NC(=O)[C@@H](NC(=O)CCN2C(=O)CC(C)C2=O)C(C)C)cc1)C(C)C. The van der Waals surface area contributed by atoms with E-state index in [0.29, 0.717) is 30.6 Å². The summed E-state index contributed by atoms with van der Waals surface area (Å²) in [5.41, 5.74) is 7.04. The summed E-state index contributed by atoms with van der Waals surface area (Å²) in [6.07, 6.45) is -0.103. The smallest absolute Gasteiger partial charge is 0.410 e. The number of imide groups is 1. The van der Waals surface area contributed by atoms with Crippen molar-refractivity contribution in [1.82, 2.24) is 46.2 Å². The van der Waals surface area contributed by atoms with E-state index in [1.165, 1.54) is 19.1 Å². The van der Waals surface area contributed by atoms with E-state index in [4.69, 9.17) is 19.9 Å². The number of nitrogens with zero attached hydrogens (tertiary/aromatic N) is 4. The quantitative estimate of drug-likeness (QED) is 0.0358. The molecule has 0 radical (unpaired) electrons. The minimum atomic E-state index is -1.14. The standard InChI is InChI=1S/C65H101N11O14/c1-16-40(8)56(49(88-14)35-52(79)75-32-21-25-48(75)57(89-15)42(10)58(80)68-43(11)45-22-18-17-19-23-45)73(12)63(85)54(38(4)5)72-61(83)55(39(6)7)74(13)65(87)90-36-44-26-28-46(29-27-44)69-59(81)47(24-20-31-67-64(66)86)70-60(82)53(37(2)3)71-50(77)30-33-76-51(78)34-41(9)62(76)84/h17-19,22-23,26-29,37-43,47-49,53-57H,16,20-21,24-25,30-36H2,1-15H3,(H,68,80)(H,69,81)(H,70,82)(H,71,77)(H,72,83)(H3,66,67,86)/t40-,41?,42+,43+,47-,48-,49+,53-,54-,55-,56-,57+/m0/s1. The van der Waals surface area contributed by atoms with Gasteiger partial charge in [-0.05, 0) is 79.5 Å². The fourth-order valence-electron chi connectivity index (χ4n) is 11.8. The predicted octanol–water partition coefficient (Wildman–Crippen LogP) is 5.02. The van der Waals surface area contributed by atoms with Crippen molar-refractivity contribution in [2.45, 2.75) is 189 Å². The van der Waals surface area contributed by atoms with Crippen LogP contribution in [0.25, 0.3) is 0 Å². The third-order valence-electron chi connectivity index (χ3n) is 17.2. The molecule has 12 amide bonds. The minimum Gasteiger partial charge on any atom is -0.445 e. The first-order valence-electron chi connectivity index (χ1n) is 31.5. The highest BCUT2D eigenvalue weighted by molar-refractivity contribution is 6.04. The Labute approximate surface area is 531 Å². The van der Waals surface area contributed by atoms with Gasteiger partial charge in [0, 0.05) is 72.4 Å². The summed E-state index contributed by atoms with van der Waals surface area (Å²) in [6.45, 7) is 20.1. The Morgan fingerprint density at radius 1 is 0.744 bits per heavy atom. The fourth-order valence-corrected chi connectivity index (χ4v) is 11.8. The Kier molecular flexibility index (Phi) is 29.6. The molecule has 0 aromatic heterocycles. The first-order valence-corrected chi connectivity index (χ1v) is 31.5. The van der Waals surface area contributed by atoms with Crippen LogP contribution in [0.1, 0.15) is 145 Å². The van der Waals surface area contributed by atoms with Gasteiger partial charge in [0.1, 0.15) is 30.8 Å². The predicted molar refractivity (Wildman–Crippen MR) is 338 cm³/mol. The van der Waals surface area contributed by atoms with Crippen molar-refractivity contribution in [3.8, 4) is 0 Å². The van der Waals surface area contributed by atoms with E-state index in [-0.39, 0.29) is 93.4 Å². The summed E-state index contributed by atoms with van der Waals surface area (Å²) in [4.78, 5) is 153. The number of carbonyl (C=O) groups excluding carboxylic acids is 11. The normalized spacial score (nSPS) is 18.3. The van der Waals surface area contributed by atoms with Crippen molar-refractivity contribution in [2.24, 2.45) is 41.2 Å². The molecule has 0 aliphatic carbocycles. The van der Waals surface area contributed by atoms with Gasteiger partial charge in [0.2, 0.25) is 53.2 Å². The van der Waals surface area contributed by atoms with E-state index in [1.54, 1.807) is 96.7 Å². The number of urea groups is 1. The van der Waals surface area contributed by atoms with E-state index in [9.17, 15) is 52.7 Å². The molecule has 0 spiro atoms. The number of nitrogens with two attached hydrogens (primary N) is 1. The summed E-state index contributed by atoms with van der Waals surface area (Å²) in [5, 5.41) is 16.6. The highest BCUT2D eigenvalue weighted by Crippen LogP contribution is 2.31. The Morgan fingerprint density at radius 2 is 1.39 bits per heavy atom. The number of anilines is 1. The van der Waals surface area contributed by atoms with E-state index in [0.717, 1.165) is 16.9 Å². The lowest BCUT2D eigenvalue weighted by molar-refractivity contribution is -0.148. The van der Waals surface area contributed by atoms with Crippen LogP contribution >= 0.6 is 0 Å². The van der Waals surface area contributed by atoms with Crippen molar-refractivity contribution >= 4 is 71.0 Å². The molecule has 2 heterocycles. The Balaban J connectivity index is 1.39. The van der Waals surface area contributed by atoms with Crippen molar-refractivity contribution in [2.75, 3.05) is 53.3 Å². The third kappa shape index (κ3) is 21.0. The summed E-state index contributed by atoms with van der Waals surface area (Å²) in [5.74, 6) is -6.46. The zero-order valence-corrected chi connectivity index (χ0v) is 55.4. The largest absolute Gasteiger partial charge is 0.445 e. The van der Waals surface area contributed by atoms with Crippen molar-refractivity contribution in [3.05, 3.63) is 65.7 Å². The van der Waals surface area contributed by atoms with E-state index in [2.05, 4.69) is 31.9 Å². The van der Waals surface area contributed by atoms with Gasteiger partial charge in [0.15, 0.2) is 0 Å². The first-order chi connectivity index (χ1) is 42.5. The number of carbonyl (C=O) groups is 11. The molecule has 90 heavy (non-hydrogen) atoms. The Hall–Kier alpha value is -7.67. The minimum absolute atomic E-state index is 0.0605. The third-order valence-corrected chi connectivity index (χ3v) is 17.2. The number of likely N-dealkylation sites (tertiary alicyclic amines) is 2. The number of rotatable bonds is 34. The van der Waals surface area contributed by atoms with E-state index < -0.39 is 114 Å². The van der Waals surface area contributed by atoms with Crippen LogP contribution in [-0.4, -0.2) is 181 Å². The van der Waals surface area contributed by atoms with Gasteiger partial charge in [-0.1, -0.05) is 118 Å². The highest BCUT2D eigenvalue weighted by Gasteiger charge is 2.44. The average Bonchev–Trinajstić information content (AvgIpc) is 1.53. The van der Waals surface area contributed by atoms with Gasteiger partial charge in [0.05, 0.1) is 42.7 Å². The molecule has 2 aromatic carbocycles. The number of primary amides is 1. The van der Waals surface area contributed by atoms with Gasteiger partial charge in [-0.2, -0.15) is 0 Å². The molecule has 0 saturated carbocycles. The van der Waals surface area contributed by atoms with Crippen LogP contribution in [0.2, 0.25) is 0 Å². The van der Waals surface area contributed by atoms with Crippen molar-refractivity contribution < 1.29 is 67.0 Å². The molecular weight excluding hydrogens is 1160 g/mol. The number of ether oxygens (including phenoxy) is 3. The molecule has 1 unspecified atom stereocenters. The molecule has 2 aliphatic rings. The zero-order chi connectivity index (χ0) is 67.3. The lowest BCUT2D eigenvalue weighted by Crippen LogP contribution is -2.60. The molecule has 8 N–H and O–H groups in total. The van der Waals surface area contributed by atoms with Gasteiger partial charge in [-0.15, -0.1) is 0 Å². The Morgan fingerprint density at radius 3 is 1.94 bits per heavy atom. The summed E-state index contributed by atoms with van der Waals surface area (Å²) in [6, 6.07) is 9.65. The molecule has 4 rings (SSSR count). The lowest BCUT2D eigenvalue weighted by atomic mass is 9.89. The highest BCUT2D eigenvalue weighted by atomic mass is 16.6. The summed E-state index contributed by atoms with van der Waals surface area (Å²) < 4.78 is 17.8. The molecule has 0 bridgehead atoms. The number of likely N-dealkylation sites (N-methyl/N-ethyl adjacent to an activating group) is 2. The van der Waals surface area contributed by atoms with E-state index >= 15 is 0 Å². The van der Waals surface area contributed by atoms with Crippen LogP contribution in [0.3, 0.4) is 0 Å². The van der Waals surface area contributed by atoms with Crippen molar-refractivity contribution in [1.29, 1.82) is 0 Å². The average molecular weight is 1260 g/mol. The maximum Gasteiger partial charge on any atom is 0.410 e. The molecule has 2 aliphatic heterocycles. The van der Waals surface area contributed by atoms with Crippen LogP contribution in [0.4, 0.5) is 15.3 Å². The lowest BCUT2D eigenvalue weighted by Gasteiger charge is -2.41. The fraction of sp³-hybridized carbons (Fsp3) is 0.646. The number of nitrogens with one attached hydrogen (secondary N) is 6. The second-order valence-electron chi connectivity index (χ2n) is 25.0. The van der Waals surface area contributed by atoms with Gasteiger partial charge in [0.25, 0.3) is 0 Å². The molecule has 25 heteroatoms. The van der Waals surface area contributed by atoms with Gasteiger partial charge < -0.3 is 61.6 Å². The van der Waals surface area contributed by atoms with Crippen LogP contribution < -0.4 is 37.6 Å². The number of hydrogen-bond donors (Lipinski definition) is 7. The molecule has 25 nitrogen and oxygen atoms in total. The summed E-state index contributed by atoms with van der Waals surface area (Å²) >= 11 is 0. The molecule has 12 atom stereocenters. The molecule has 500 valence electrons. The van der Waals surface area contributed by atoms with Crippen LogP contribution in [0.15, 0.2) is 54.6 Å². The maximum atomic E-state index is 14.8. The zero-order valence-electron chi connectivity index (χ0n) is 55.4. The molecular formula is C65H101N11O14. The monoisotopic (exact) mass is 1260 g/mol. The topological polar surface area (TPSA) is 327 Å². The first kappa shape index (κ1) is 74.8. The molecule has 2 fully saturated rings. The second-order valence-corrected chi connectivity index (χ2v) is 25.0. The summed E-state index contributed by atoms with van der Waals surface area (Å²) in [7, 11) is 6.15. The number of benzene rings is 2. The maximum absolute atomic E-state index is 14.8. The van der Waals surface area contributed by atoms with Crippen LogP contribution in [0.5, 0.6) is 0 Å². The number of amides is 12. The Bertz CT molecular complexity index is 2770. The van der Waals surface area contributed by atoms with Gasteiger partial charge in [-0.25, -0.2) is 9.59 Å². The van der Waals surface area contributed by atoms with Gasteiger partial charge in [-0.3, -0.25) is 53.0 Å². The second kappa shape index (κ2) is 35.7. The van der Waals surface area contributed by atoms with Crippen molar-refractivity contribution in [3.63, 3.8) is 0 Å². The van der Waals surface area contributed by atoms with Crippen LogP contribution in [0, 0.1) is 35.5 Å².